The molecule has 0 unspecified atom stereocenters. The van der Waals surface area contributed by atoms with E-state index >= 15 is 0 Å². The molecule has 0 fully saturated rings. The van der Waals surface area contributed by atoms with Crippen LogP contribution in [0.25, 0.3) is 0 Å². The van der Waals surface area contributed by atoms with Gasteiger partial charge in [-0.05, 0) is 32.4 Å². The molecule has 0 amide bonds. The van der Waals surface area contributed by atoms with Gasteiger partial charge in [0.2, 0.25) is 0 Å². The molecule has 0 saturated heterocycles. The van der Waals surface area contributed by atoms with Crippen LogP contribution in [-0.4, -0.2) is 30.1 Å². The fraction of sp³-hybridized carbons (Fsp3) is 0.385. The van der Waals surface area contributed by atoms with Crippen molar-refractivity contribution in [3.8, 4) is 0 Å². The molecular formula is C13H19N5O2S. The van der Waals surface area contributed by atoms with E-state index in [2.05, 4.69) is 25.2 Å². The molecule has 114 valence electrons. The highest BCUT2D eigenvalue weighted by molar-refractivity contribution is 7.92. The van der Waals surface area contributed by atoms with Crippen LogP contribution >= 0.6 is 0 Å². The molecular weight excluding hydrogens is 290 g/mol. The lowest BCUT2D eigenvalue weighted by Crippen LogP contribution is -2.14. The first kappa shape index (κ1) is 15.3. The van der Waals surface area contributed by atoms with E-state index in [4.69, 9.17) is 0 Å². The van der Waals surface area contributed by atoms with Crippen molar-refractivity contribution in [3.63, 3.8) is 0 Å². The van der Waals surface area contributed by atoms with E-state index in [-0.39, 0.29) is 4.90 Å². The standard InChI is InChI=1S/C13H19N5O2S/c1-4-7-14-12-6-5-11(8-15-12)21(19,20)18-13-9(2)16-17-10(13)3/h5-6,8,18H,4,7H2,1-3H3,(H,14,15)(H,16,17). The third-order valence-electron chi connectivity index (χ3n) is 2.97. The van der Waals surface area contributed by atoms with Gasteiger partial charge in [0.1, 0.15) is 10.7 Å². The molecule has 0 atom stereocenters. The van der Waals surface area contributed by atoms with Crippen LogP contribution in [0, 0.1) is 13.8 Å². The van der Waals surface area contributed by atoms with Crippen molar-refractivity contribution in [2.45, 2.75) is 32.1 Å². The number of H-pyrrole nitrogens is 1. The number of aromatic amines is 1. The van der Waals surface area contributed by atoms with Crippen LogP contribution in [0.1, 0.15) is 24.7 Å². The molecule has 8 heteroatoms. The Labute approximate surface area is 124 Å². The number of aryl methyl sites for hydroxylation is 2. The second-order valence-electron chi connectivity index (χ2n) is 4.72. The summed E-state index contributed by atoms with van der Waals surface area (Å²) in [7, 11) is -3.67. The summed E-state index contributed by atoms with van der Waals surface area (Å²) >= 11 is 0. The minimum atomic E-state index is -3.67. The zero-order chi connectivity index (χ0) is 15.5. The van der Waals surface area contributed by atoms with E-state index in [9.17, 15) is 8.42 Å². The Balaban J connectivity index is 2.20. The van der Waals surface area contributed by atoms with Crippen LogP contribution in [0.4, 0.5) is 11.5 Å². The molecule has 2 aromatic heterocycles. The summed E-state index contributed by atoms with van der Waals surface area (Å²) in [5.41, 5.74) is 1.75. The average molecular weight is 309 g/mol. The molecule has 2 rings (SSSR count). The SMILES string of the molecule is CCCNc1ccc(S(=O)(=O)Nc2c(C)n[nH]c2C)cn1. The lowest BCUT2D eigenvalue weighted by molar-refractivity contribution is 0.600. The van der Waals surface area contributed by atoms with Crippen LogP contribution in [-0.2, 0) is 10.0 Å². The predicted octanol–water partition coefficient (Wildman–Crippen LogP) is 2.04. The van der Waals surface area contributed by atoms with Gasteiger partial charge in [-0.2, -0.15) is 5.10 Å². The molecule has 21 heavy (non-hydrogen) atoms. The van der Waals surface area contributed by atoms with Gasteiger partial charge in [-0.15, -0.1) is 0 Å². The van der Waals surface area contributed by atoms with Crippen molar-refractivity contribution in [1.29, 1.82) is 0 Å². The van der Waals surface area contributed by atoms with Crippen LogP contribution < -0.4 is 10.0 Å². The maximum atomic E-state index is 12.3. The molecule has 3 N–H and O–H groups in total. The number of sulfonamides is 1. The molecule has 2 heterocycles. The summed E-state index contributed by atoms with van der Waals surface area (Å²) in [6, 6.07) is 3.18. The smallest absolute Gasteiger partial charge is 0.263 e. The molecule has 0 saturated carbocycles. The first-order valence-corrected chi connectivity index (χ1v) is 8.16. The largest absolute Gasteiger partial charge is 0.370 e. The third-order valence-corrected chi connectivity index (χ3v) is 4.30. The summed E-state index contributed by atoms with van der Waals surface area (Å²) in [5, 5.41) is 9.80. The summed E-state index contributed by atoms with van der Waals surface area (Å²) in [6.45, 7) is 6.33. The van der Waals surface area contributed by atoms with Gasteiger partial charge in [0.15, 0.2) is 0 Å². The van der Waals surface area contributed by atoms with Crippen LogP contribution in [0.2, 0.25) is 0 Å². The van der Waals surface area contributed by atoms with E-state index < -0.39 is 10.0 Å². The number of anilines is 2. The van der Waals surface area contributed by atoms with Gasteiger partial charge in [0.25, 0.3) is 10.0 Å². The number of rotatable bonds is 6. The summed E-state index contributed by atoms with van der Waals surface area (Å²) < 4.78 is 27.2. The van der Waals surface area contributed by atoms with E-state index in [1.807, 2.05) is 6.92 Å². The Hall–Kier alpha value is -2.09. The fourth-order valence-electron chi connectivity index (χ4n) is 1.79. The number of hydrogen-bond donors (Lipinski definition) is 3. The molecule has 2 aromatic rings. The quantitative estimate of drug-likeness (QED) is 0.758. The van der Waals surface area contributed by atoms with Crippen LogP contribution in [0.15, 0.2) is 23.2 Å². The predicted molar refractivity (Wildman–Crippen MR) is 81.9 cm³/mol. The van der Waals surface area contributed by atoms with Gasteiger partial charge in [-0.3, -0.25) is 9.82 Å². The van der Waals surface area contributed by atoms with E-state index in [1.165, 1.54) is 12.3 Å². The number of nitrogens with one attached hydrogen (secondary N) is 3. The van der Waals surface area contributed by atoms with Crippen molar-refractivity contribution in [2.75, 3.05) is 16.6 Å². The highest BCUT2D eigenvalue weighted by Crippen LogP contribution is 2.21. The molecule has 0 spiro atoms. The molecule has 0 aliphatic carbocycles. The lowest BCUT2D eigenvalue weighted by Gasteiger charge is -2.09. The average Bonchev–Trinajstić information content (AvgIpc) is 2.77. The molecule has 0 aliphatic rings. The molecule has 0 aliphatic heterocycles. The minimum Gasteiger partial charge on any atom is -0.370 e. The van der Waals surface area contributed by atoms with Crippen LogP contribution in [0.5, 0.6) is 0 Å². The Kier molecular flexibility index (Phi) is 4.46. The zero-order valence-electron chi connectivity index (χ0n) is 12.3. The molecule has 7 nitrogen and oxygen atoms in total. The zero-order valence-corrected chi connectivity index (χ0v) is 13.1. The van der Waals surface area contributed by atoms with Crippen molar-refractivity contribution in [2.24, 2.45) is 0 Å². The van der Waals surface area contributed by atoms with E-state index in [1.54, 1.807) is 19.9 Å². The molecule has 0 radical (unpaired) electrons. The topological polar surface area (TPSA) is 99.8 Å². The second kappa shape index (κ2) is 6.13. The van der Waals surface area contributed by atoms with Gasteiger partial charge in [-0.1, -0.05) is 6.92 Å². The van der Waals surface area contributed by atoms with Gasteiger partial charge in [-0.25, -0.2) is 13.4 Å². The van der Waals surface area contributed by atoms with Crippen LogP contribution in [0.3, 0.4) is 0 Å². The van der Waals surface area contributed by atoms with Gasteiger partial charge < -0.3 is 5.32 Å². The normalized spacial score (nSPS) is 11.4. The van der Waals surface area contributed by atoms with Crippen molar-refractivity contribution >= 4 is 21.5 Å². The Morgan fingerprint density at radius 3 is 2.57 bits per heavy atom. The number of pyridine rings is 1. The summed E-state index contributed by atoms with van der Waals surface area (Å²) in [4.78, 5) is 4.22. The monoisotopic (exact) mass is 309 g/mol. The summed E-state index contributed by atoms with van der Waals surface area (Å²) in [5.74, 6) is 0.659. The fourth-order valence-corrected chi connectivity index (χ4v) is 2.92. The Morgan fingerprint density at radius 1 is 1.29 bits per heavy atom. The van der Waals surface area contributed by atoms with E-state index in [0.29, 0.717) is 22.9 Å². The number of aromatic nitrogens is 3. The first-order valence-electron chi connectivity index (χ1n) is 6.68. The Morgan fingerprint density at radius 2 is 2.05 bits per heavy atom. The lowest BCUT2D eigenvalue weighted by atomic mass is 10.3. The second-order valence-corrected chi connectivity index (χ2v) is 6.40. The van der Waals surface area contributed by atoms with Gasteiger partial charge in [0.05, 0.1) is 17.1 Å². The maximum absolute atomic E-state index is 12.3. The third kappa shape index (κ3) is 3.52. The first-order chi connectivity index (χ1) is 9.94. The number of hydrogen-bond acceptors (Lipinski definition) is 5. The minimum absolute atomic E-state index is 0.115. The maximum Gasteiger partial charge on any atom is 0.263 e. The molecule has 0 bridgehead atoms. The van der Waals surface area contributed by atoms with Crippen molar-refractivity contribution in [1.82, 2.24) is 15.2 Å². The van der Waals surface area contributed by atoms with Gasteiger partial charge in [0, 0.05) is 12.7 Å². The highest BCUT2D eigenvalue weighted by Gasteiger charge is 2.18. The van der Waals surface area contributed by atoms with Crippen molar-refractivity contribution < 1.29 is 8.42 Å². The van der Waals surface area contributed by atoms with E-state index in [0.717, 1.165) is 13.0 Å². The Bertz CT molecular complexity index is 687. The number of nitrogens with zero attached hydrogens (tertiary/aromatic N) is 2. The molecule has 0 aromatic carbocycles. The van der Waals surface area contributed by atoms with Crippen molar-refractivity contribution in [3.05, 3.63) is 29.7 Å². The summed E-state index contributed by atoms with van der Waals surface area (Å²) in [6.07, 6.45) is 2.31. The highest BCUT2D eigenvalue weighted by atomic mass is 32.2. The van der Waals surface area contributed by atoms with Gasteiger partial charge >= 0.3 is 0 Å².